The Hall–Kier alpha value is -2.26. The summed E-state index contributed by atoms with van der Waals surface area (Å²) in [5.74, 6) is 0. The molecule has 0 aliphatic heterocycles. The first-order valence-electron chi connectivity index (χ1n) is 7.24. The van der Waals surface area contributed by atoms with E-state index in [1.165, 1.54) is 16.5 Å². The van der Waals surface area contributed by atoms with E-state index >= 15 is 0 Å². The van der Waals surface area contributed by atoms with Gasteiger partial charge in [0.25, 0.3) is 0 Å². The van der Waals surface area contributed by atoms with Crippen molar-refractivity contribution in [2.75, 3.05) is 0 Å². The van der Waals surface area contributed by atoms with Crippen LogP contribution in [-0.2, 0) is 6.54 Å². The Balaban J connectivity index is 2.01. The van der Waals surface area contributed by atoms with Gasteiger partial charge in [0.2, 0.25) is 0 Å². The maximum atomic E-state index is 4.39. The first kappa shape index (κ1) is 13.7. The van der Waals surface area contributed by atoms with Crippen LogP contribution in [0.5, 0.6) is 0 Å². The van der Waals surface area contributed by atoms with E-state index in [1.54, 1.807) is 0 Å². The molecule has 0 saturated heterocycles. The molecule has 21 heavy (non-hydrogen) atoms. The first-order chi connectivity index (χ1) is 10.2. The van der Waals surface area contributed by atoms with Gasteiger partial charge in [0, 0.05) is 48.3 Å². The number of hydrogen-bond acceptors (Lipinski definition) is 3. The molecule has 0 bridgehead atoms. The lowest BCUT2D eigenvalue weighted by molar-refractivity contribution is 0.588. The second-order valence-electron chi connectivity index (χ2n) is 5.52. The van der Waals surface area contributed by atoms with Gasteiger partial charge in [-0.05, 0) is 28.6 Å². The van der Waals surface area contributed by atoms with Crippen LogP contribution < -0.4 is 5.32 Å². The number of hydrogen-bond donors (Lipinski definition) is 1. The summed E-state index contributed by atoms with van der Waals surface area (Å²) in [5, 5.41) is 5.79. The van der Waals surface area contributed by atoms with Gasteiger partial charge in [0.1, 0.15) is 0 Å². The molecule has 3 nitrogen and oxygen atoms in total. The highest BCUT2D eigenvalue weighted by Gasteiger charge is 2.05. The number of nitrogens with zero attached hydrogens (tertiary/aromatic N) is 2. The van der Waals surface area contributed by atoms with E-state index in [0.717, 1.165) is 17.5 Å². The van der Waals surface area contributed by atoms with Crippen molar-refractivity contribution in [3.05, 3.63) is 60.7 Å². The lowest BCUT2D eigenvalue weighted by atomic mass is 10.00. The van der Waals surface area contributed by atoms with E-state index in [4.69, 9.17) is 0 Å². The first-order valence-corrected chi connectivity index (χ1v) is 7.24. The molecule has 0 aliphatic rings. The molecular formula is C18H19N3. The smallest absolute Gasteiger partial charge is 0.0352 e. The summed E-state index contributed by atoms with van der Waals surface area (Å²) >= 11 is 0. The molecule has 0 unspecified atom stereocenters. The van der Waals surface area contributed by atoms with Crippen molar-refractivity contribution >= 4 is 10.8 Å². The van der Waals surface area contributed by atoms with Gasteiger partial charge >= 0.3 is 0 Å². The Kier molecular flexibility index (Phi) is 3.93. The third-order valence-corrected chi connectivity index (χ3v) is 3.50. The molecule has 0 aliphatic carbocycles. The SMILES string of the molecule is CC(C)NCc1cncc(-c2cccc3ccncc23)c1. The molecule has 0 spiro atoms. The van der Waals surface area contributed by atoms with Gasteiger partial charge in [-0.1, -0.05) is 32.0 Å². The Morgan fingerprint density at radius 1 is 1.05 bits per heavy atom. The van der Waals surface area contributed by atoms with Gasteiger partial charge in [-0.3, -0.25) is 9.97 Å². The van der Waals surface area contributed by atoms with Gasteiger partial charge in [0.05, 0.1) is 0 Å². The predicted molar refractivity (Wildman–Crippen MR) is 86.9 cm³/mol. The summed E-state index contributed by atoms with van der Waals surface area (Å²) in [7, 11) is 0. The molecule has 2 heterocycles. The zero-order valence-electron chi connectivity index (χ0n) is 12.4. The van der Waals surface area contributed by atoms with Crippen molar-refractivity contribution < 1.29 is 0 Å². The third-order valence-electron chi connectivity index (χ3n) is 3.50. The zero-order chi connectivity index (χ0) is 14.7. The van der Waals surface area contributed by atoms with E-state index < -0.39 is 0 Å². The summed E-state index contributed by atoms with van der Waals surface area (Å²) in [4.78, 5) is 8.63. The standard InChI is InChI=1S/C18H19N3/c1-13(2)21-10-14-8-16(11-20-9-14)17-5-3-4-15-6-7-19-12-18(15)17/h3-9,11-13,21H,10H2,1-2H3. The molecule has 1 N–H and O–H groups in total. The van der Waals surface area contributed by atoms with Crippen molar-refractivity contribution in [2.24, 2.45) is 0 Å². The summed E-state index contributed by atoms with van der Waals surface area (Å²) in [5.41, 5.74) is 3.51. The fraction of sp³-hybridized carbons (Fsp3) is 0.222. The molecule has 0 atom stereocenters. The van der Waals surface area contributed by atoms with Crippen LogP contribution in [0, 0.1) is 0 Å². The van der Waals surface area contributed by atoms with Gasteiger partial charge in [0.15, 0.2) is 0 Å². The molecule has 106 valence electrons. The van der Waals surface area contributed by atoms with Gasteiger partial charge < -0.3 is 5.32 Å². The summed E-state index contributed by atoms with van der Waals surface area (Å²) < 4.78 is 0. The Morgan fingerprint density at radius 2 is 1.95 bits per heavy atom. The predicted octanol–water partition coefficient (Wildman–Crippen LogP) is 3.79. The fourth-order valence-electron chi connectivity index (χ4n) is 2.42. The van der Waals surface area contributed by atoms with Gasteiger partial charge in [-0.25, -0.2) is 0 Å². The molecule has 0 saturated carbocycles. The van der Waals surface area contributed by atoms with Crippen LogP contribution in [0.4, 0.5) is 0 Å². The lowest BCUT2D eigenvalue weighted by Crippen LogP contribution is -2.21. The Bertz CT molecular complexity index is 745. The normalized spacial score (nSPS) is 11.2. The molecule has 1 aromatic carbocycles. The number of aromatic nitrogens is 2. The van der Waals surface area contributed by atoms with E-state index in [2.05, 4.69) is 53.4 Å². The largest absolute Gasteiger partial charge is 0.310 e. The number of benzene rings is 1. The number of nitrogens with one attached hydrogen (secondary N) is 1. The van der Waals surface area contributed by atoms with Crippen molar-refractivity contribution in [3.8, 4) is 11.1 Å². The Labute approximate surface area is 125 Å². The van der Waals surface area contributed by atoms with E-state index in [-0.39, 0.29) is 0 Å². The second kappa shape index (κ2) is 6.02. The minimum absolute atomic E-state index is 0.468. The van der Waals surface area contributed by atoms with Gasteiger partial charge in [-0.15, -0.1) is 0 Å². The minimum atomic E-state index is 0.468. The molecule has 3 aromatic rings. The highest BCUT2D eigenvalue weighted by Crippen LogP contribution is 2.27. The summed E-state index contributed by atoms with van der Waals surface area (Å²) in [6, 6.07) is 11.0. The van der Waals surface area contributed by atoms with Crippen LogP contribution in [0.25, 0.3) is 21.9 Å². The monoisotopic (exact) mass is 277 g/mol. The van der Waals surface area contributed by atoms with Crippen LogP contribution >= 0.6 is 0 Å². The second-order valence-corrected chi connectivity index (χ2v) is 5.52. The number of pyridine rings is 2. The number of fused-ring (bicyclic) bond motifs is 1. The number of rotatable bonds is 4. The van der Waals surface area contributed by atoms with Gasteiger partial charge in [-0.2, -0.15) is 0 Å². The third kappa shape index (κ3) is 3.09. The van der Waals surface area contributed by atoms with E-state index in [0.29, 0.717) is 6.04 Å². The van der Waals surface area contributed by atoms with Crippen LogP contribution in [0.1, 0.15) is 19.4 Å². The van der Waals surface area contributed by atoms with Crippen molar-refractivity contribution in [1.29, 1.82) is 0 Å². The maximum absolute atomic E-state index is 4.39. The average Bonchev–Trinajstić information content (AvgIpc) is 2.52. The molecule has 3 rings (SSSR count). The van der Waals surface area contributed by atoms with Crippen LogP contribution in [0.2, 0.25) is 0 Å². The molecule has 0 amide bonds. The van der Waals surface area contributed by atoms with Crippen LogP contribution in [0.15, 0.2) is 55.1 Å². The molecule has 3 heteroatoms. The molecule has 0 radical (unpaired) electrons. The Morgan fingerprint density at radius 3 is 2.81 bits per heavy atom. The summed E-state index contributed by atoms with van der Waals surface area (Å²) in [6.07, 6.45) is 7.58. The molecule has 0 fully saturated rings. The highest BCUT2D eigenvalue weighted by molar-refractivity contribution is 5.95. The fourth-order valence-corrected chi connectivity index (χ4v) is 2.42. The zero-order valence-corrected chi connectivity index (χ0v) is 12.4. The topological polar surface area (TPSA) is 37.8 Å². The average molecular weight is 277 g/mol. The van der Waals surface area contributed by atoms with Crippen molar-refractivity contribution in [3.63, 3.8) is 0 Å². The van der Waals surface area contributed by atoms with Crippen LogP contribution in [0.3, 0.4) is 0 Å². The molecular weight excluding hydrogens is 258 g/mol. The quantitative estimate of drug-likeness (QED) is 0.788. The van der Waals surface area contributed by atoms with E-state index in [1.807, 2.05) is 30.9 Å². The van der Waals surface area contributed by atoms with Crippen molar-refractivity contribution in [2.45, 2.75) is 26.4 Å². The minimum Gasteiger partial charge on any atom is -0.310 e. The molecule has 2 aromatic heterocycles. The maximum Gasteiger partial charge on any atom is 0.0352 e. The summed E-state index contributed by atoms with van der Waals surface area (Å²) in [6.45, 7) is 5.13. The van der Waals surface area contributed by atoms with Crippen molar-refractivity contribution in [1.82, 2.24) is 15.3 Å². The van der Waals surface area contributed by atoms with E-state index in [9.17, 15) is 0 Å². The lowest BCUT2D eigenvalue weighted by Gasteiger charge is -2.10. The highest BCUT2D eigenvalue weighted by atomic mass is 14.9. The van der Waals surface area contributed by atoms with Crippen LogP contribution in [-0.4, -0.2) is 16.0 Å².